The highest BCUT2D eigenvalue weighted by Crippen LogP contribution is 2.22. The summed E-state index contributed by atoms with van der Waals surface area (Å²) in [4.78, 5) is 33.2. The highest BCUT2D eigenvalue weighted by molar-refractivity contribution is 5.77. The number of carbonyl (C=O) groups excluding carboxylic acids is 1. The zero-order valence-electron chi connectivity index (χ0n) is 15.7. The average molecular weight is 385 g/mol. The van der Waals surface area contributed by atoms with Gasteiger partial charge in [-0.15, -0.1) is 0 Å². The summed E-state index contributed by atoms with van der Waals surface area (Å²) in [6, 6.07) is 10.3. The van der Waals surface area contributed by atoms with Gasteiger partial charge in [-0.1, -0.05) is 18.2 Å². The Morgan fingerprint density at radius 1 is 1.18 bits per heavy atom. The maximum absolute atomic E-state index is 13.4. The lowest BCUT2D eigenvalue weighted by atomic mass is 10.1. The number of hydrogen-bond donors (Lipinski definition) is 1. The van der Waals surface area contributed by atoms with E-state index >= 15 is 0 Å². The van der Waals surface area contributed by atoms with Crippen molar-refractivity contribution in [1.29, 1.82) is 0 Å². The Morgan fingerprint density at radius 2 is 1.93 bits per heavy atom. The standard InChI is InChI=1S/C21H21F2N3O2/c1-13(14-10-11-16(22)17(23)12-14)26(2)20(27)9-5-8-19-24-18-7-4-3-6-15(18)21(28)25-19/h3-4,6-7,10-13H,5,8-9H2,1-2H3,(H,24,25,28). The number of H-pyrrole nitrogens is 1. The van der Waals surface area contributed by atoms with Gasteiger partial charge >= 0.3 is 0 Å². The zero-order valence-corrected chi connectivity index (χ0v) is 15.7. The van der Waals surface area contributed by atoms with Crippen molar-refractivity contribution in [3.63, 3.8) is 0 Å². The lowest BCUT2D eigenvalue weighted by molar-refractivity contribution is -0.131. The van der Waals surface area contributed by atoms with Crippen molar-refractivity contribution in [2.24, 2.45) is 0 Å². The summed E-state index contributed by atoms with van der Waals surface area (Å²) < 4.78 is 26.5. The number of hydrogen-bond acceptors (Lipinski definition) is 3. The Morgan fingerprint density at radius 3 is 2.68 bits per heavy atom. The molecule has 146 valence electrons. The predicted molar refractivity (Wildman–Crippen MR) is 103 cm³/mol. The van der Waals surface area contributed by atoms with Gasteiger partial charge in [-0.05, 0) is 43.2 Å². The molecular weight excluding hydrogens is 364 g/mol. The Bertz CT molecular complexity index is 1060. The van der Waals surface area contributed by atoms with Crippen LogP contribution in [-0.2, 0) is 11.2 Å². The van der Waals surface area contributed by atoms with E-state index in [2.05, 4.69) is 9.97 Å². The van der Waals surface area contributed by atoms with Crippen LogP contribution >= 0.6 is 0 Å². The van der Waals surface area contributed by atoms with Gasteiger partial charge in [0.1, 0.15) is 5.82 Å². The second kappa shape index (κ2) is 8.29. The summed E-state index contributed by atoms with van der Waals surface area (Å²) in [5.74, 6) is -1.44. The first-order valence-electron chi connectivity index (χ1n) is 9.05. The molecule has 3 aromatic rings. The topological polar surface area (TPSA) is 66.1 Å². The maximum Gasteiger partial charge on any atom is 0.258 e. The van der Waals surface area contributed by atoms with E-state index in [4.69, 9.17) is 0 Å². The predicted octanol–water partition coefficient (Wildman–Crippen LogP) is 3.74. The van der Waals surface area contributed by atoms with Crippen molar-refractivity contribution >= 4 is 16.8 Å². The van der Waals surface area contributed by atoms with Crippen LogP contribution in [0.5, 0.6) is 0 Å². The first-order chi connectivity index (χ1) is 13.4. The first kappa shape index (κ1) is 19.7. The molecule has 0 aliphatic rings. The summed E-state index contributed by atoms with van der Waals surface area (Å²) in [7, 11) is 1.63. The normalized spacial score (nSPS) is 12.1. The third-order valence-electron chi connectivity index (χ3n) is 4.87. The van der Waals surface area contributed by atoms with E-state index in [-0.39, 0.29) is 23.9 Å². The number of carbonyl (C=O) groups is 1. The van der Waals surface area contributed by atoms with E-state index in [1.807, 2.05) is 6.07 Å². The van der Waals surface area contributed by atoms with Crippen molar-refractivity contribution in [2.45, 2.75) is 32.2 Å². The van der Waals surface area contributed by atoms with Gasteiger partial charge in [0, 0.05) is 19.9 Å². The van der Waals surface area contributed by atoms with Crippen LogP contribution in [0.4, 0.5) is 8.78 Å². The molecule has 1 amide bonds. The minimum atomic E-state index is -0.934. The largest absolute Gasteiger partial charge is 0.339 e. The number of nitrogens with one attached hydrogen (secondary N) is 1. The second-order valence-corrected chi connectivity index (χ2v) is 6.74. The number of amides is 1. The van der Waals surface area contributed by atoms with Crippen LogP contribution in [0.2, 0.25) is 0 Å². The second-order valence-electron chi connectivity index (χ2n) is 6.74. The smallest absolute Gasteiger partial charge is 0.258 e. The molecule has 0 bridgehead atoms. The van der Waals surface area contributed by atoms with Gasteiger partial charge in [-0.25, -0.2) is 13.8 Å². The number of rotatable bonds is 6. The fourth-order valence-electron chi connectivity index (χ4n) is 3.05. The molecule has 0 aliphatic heterocycles. The fourth-order valence-corrected chi connectivity index (χ4v) is 3.05. The molecule has 0 saturated carbocycles. The van der Waals surface area contributed by atoms with Crippen molar-refractivity contribution in [2.75, 3.05) is 7.05 Å². The number of aryl methyl sites for hydroxylation is 1. The minimum absolute atomic E-state index is 0.125. The van der Waals surface area contributed by atoms with Crippen LogP contribution in [0.3, 0.4) is 0 Å². The van der Waals surface area contributed by atoms with Crippen molar-refractivity contribution in [3.8, 4) is 0 Å². The van der Waals surface area contributed by atoms with Gasteiger partial charge in [0.25, 0.3) is 5.56 Å². The fraction of sp³-hybridized carbons (Fsp3) is 0.286. The molecule has 0 spiro atoms. The molecule has 1 N–H and O–H groups in total. The molecule has 0 fully saturated rings. The molecule has 1 unspecified atom stereocenters. The molecule has 1 atom stereocenters. The first-order valence-corrected chi connectivity index (χ1v) is 9.05. The molecule has 1 aromatic heterocycles. The van der Waals surface area contributed by atoms with E-state index in [0.717, 1.165) is 12.1 Å². The third-order valence-corrected chi connectivity index (χ3v) is 4.87. The molecular formula is C21H21F2N3O2. The van der Waals surface area contributed by atoms with Gasteiger partial charge in [-0.3, -0.25) is 9.59 Å². The van der Waals surface area contributed by atoms with Crippen LogP contribution in [0.1, 0.15) is 37.2 Å². The molecule has 7 heteroatoms. The molecule has 5 nitrogen and oxygen atoms in total. The van der Waals surface area contributed by atoms with Crippen LogP contribution in [0.25, 0.3) is 10.9 Å². The molecule has 0 radical (unpaired) electrons. The van der Waals surface area contributed by atoms with Crippen LogP contribution in [0.15, 0.2) is 47.3 Å². The average Bonchev–Trinajstić information content (AvgIpc) is 2.69. The van der Waals surface area contributed by atoms with E-state index in [0.29, 0.717) is 35.1 Å². The Balaban J connectivity index is 1.60. The highest BCUT2D eigenvalue weighted by atomic mass is 19.2. The summed E-state index contributed by atoms with van der Waals surface area (Å²) in [5.41, 5.74) is 0.947. The monoisotopic (exact) mass is 385 g/mol. The van der Waals surface area contributed by atoms with Crippen molar-refractivity contribution in [3.05, 3.63) is 75.8 Å². The molecule has 3 rings (SSSR count). The maximum atomic E-state index is 13.4. The molecule has 0 saturated heterocycles. The number of nitrogens with zero attached hydrogens (tertiary/aromatic N) is 2. The SMILES string of the molecule is CC(c1ccc(F)c(F)c1)N(C)C(=O)CCCc1nc2ccccc2c(=O)[nH]1. The van der Waals surface area contributed by atoms with E-state index in [9.17, 15) is 18.4 Å². The minimum Gasteiger partial charge on any atom is -0.339 e. The molecule has 2 aromatic carbocycles. The lowest BCUT2D eigenvalue weighted by Gasteiger charge is -2.25. The van der Waals surface area contributed by atoms with Crippen molar-refractivity contribution < 1.29 is 13.6 Å². The lowest BCUT2D eigenvalue weighted by Crippen LogP contribution is -2.29. The Hall–Kier alpha value is -3.09. The van der Waals surface area contributed by atoms with Crippen LogP contribution in [-0.4, -0.2) is 27.8 Å². The number of para-hydroxylation sites is 1. The van der Waals surface area contributed by atoms with Gasteiger partial charge in [0.2, 0.25) is 5.91 Å². The summed E-state index contributed by atoms with van der Waals surface area (Å²) in [5, 5.41) is 0.530. The molecule has 28 heavy (non-hydrogen) atoms. The molecule has 0 aliphatic carbocycles. The van der Waals surface area contributed by atoms with Gasteiger partial charge in [0.05, 0.1) is 16.9 Å². The number of aromatic amines is 1. The van der Waals surface area contributed by atoms with E-state index in [1.165, 1.54) is 11.0 Å². The number of halogens is 2. The van der Waals surface area contributed by atoms with Crippen LogP contribution in [0, 0.1) is 11.6 Å². The third kappa shape index (κ3) is 4.24. The number of aromatic nitrogens is 2. The summed E-state index contributed by atoms with van der Waals surface area (Å²) in [6.07, 6.45) is 1.22. The Kier molecular flexibility index (Phi) is 5.82. The number of benzene rings is 2. The Labute approximate surface area is 161 Å². The van der Waals surface area contributed by atoms with Crippen LogP contribution < -0.4 is 5.56 Å². The molecule has 1 heterocycles. The summed E-state index contributed by atoms with van der Waals surface area (Å²) in [6.45, 7) is 1.76. The van der Waals surface area contributed by atoms with E-state index < -0.39 is 11.6 Å². The van der Waals surface area contributed by atoms with E-state index in [1.54, 1.807) is 32.2 Å². The van der Waals surface area contributed by atoms with Gasteiger partial charge in [0.15, 0.2) is 11.6 Å². The zero-order chi connectivity index (χ0) is 20.3. The quantitative estimate of drug-likeness (QED) is 0.703. The highest BCUT2D eigenvalue weighted by Gasteiger charge is 2.18. The van der Waals surface area contributed by atoms with Gasteiger partial charge < -0.3 is 9.88 Å². The number of fused-ring (bicyclic) bond motifs is 1. The van der Waals surface area contributed by atoms with Gasteiger partial charge in [-0.2, -0.15) is 0 Å². The van der Waals surface area contributed by atoms with Crippen molar-refractivity contribution in [1.82, 2.24) is 14.9 Å². The summed E-state index contributed by atoms with van der Waals surface area (Å²) >= 11 is 0.